The Morgan fingerprint density at radius 3 is 2.60 bits per heavy atom. The molecule has 0 fully saturated rings. The lowest BCUT2D eigenvalue weighted by molar-refractivity contribution is -0.160. The zero-order chi connectivity index (χ0) is 11.9. The van der Waals surface area contributed by atoms with E-state index in [-0.39, 0.29) is 6.54 Å². The van der Waals surface area contributed by atoms with E-state index >= 15 is 0 Å². The summed E-state index contributed by atoms with van der Waals surface area (Å²) in [6.45, 7) is 0.179. The van der Waals surface area contributed by atoms with Crippen LogP contribution in [0.15, 0.2) is 0 Å². The predicted octanol–water partition coefficient (Wildman–Crippen LogP) is 1.44. The third kappa shape index (κ3) is 10.9. The van der Waals surface area contributed by atoms with Crippen molar-refractivity contribution in [2.75, 3.05) is 13.2 Å². The molecular formula is C8H14F3NO3. The fourth-order valence-corrected chi connectivity index (χ4v) is 0.786. The number of alkyl halides is 3. The molecule has 0 aliphatic carbocycles. The van der Waals surface area contributed by atoms with Crippen molar-refractivity contribution in [3.63, 3.8) is 0 Å². The van der Waals surface area contributed by atoms with E-state index in [1.54, 1.807) is 6.92 Å². The Hall–Kier alpha value is -0.980. The van der Waals surface area contributed by atoms with Crippen LogP contribution >= 0.6 is 0 Å². The lowest BCUT2D eigenvalue weighted by atomic mass is 10.2. The minimum absolute atomic E-state index is 0.182. The van der Waals surface area contributed by atoms with Crippen molar-refractivity contribution < 1.29 is 27.8 Å². The summed E-state index contributed by atoms with van der Waals surface area (Å²) >= 11 is 0. The average Bonchev–Trinajstić information content (AvgIpc) is 2.07. The summed E-state index contributed by atoms with van der Waals surface area (Å²) in [6.07, 6.45) is -5.13. The van der Waals surface area contributed by atoms with Crippen LogP contribution in [0.5, 0.6) is 0 Å². The van der Waals surface area contributed by atoms with Gasteiger partial charge >= 0.3 is 12.3 Å². The van der Waals surface area contributed by atoms with E-state index in [1.807, 2.05) is 0 Å². The molecule has 1 atom stereocenters. The van der Waals surface area contributed by atoms with Crippen LogP contribution in [0.2, 0.25) is 0 Å². The average molecular weight is 229 g/mol. The fourth-order valence-electron chi connectivity index (χ4n) is 0.786. The molecule has 0 aromatic carbocycles. The van der Waals surface area contributed by atoms with Gasteiger partial charge in [-0.15, -0.1) is 0 Å². The Morgan fingerprint density at radius 1 is 1.53 bits per heavy atom. The van der Waals surface area contributed by atoms with E-state index in [4.69, 9.17) is 5.11 Å². The summed E-state index contributed by atoms with van der Waals surface area (Å²) < 4.78 is 38.6. The van der Waals surface area contributed by atoms with Crippen LogP contribution in [-0.4, -0.2) is 36.6 Å². The van der Waals surface area contributed by atoms with Crippen LogP contribution in [0.25, 0.3) is 0 Å². The van der Waals surface area contributed by atoms with Gasteiger partial charge in [-0.25, -0.2) is 4.79 Å². The van der Waals surface area contributed by atoms with Crippen LogP contribution < -0.4 is 5.32 Å². The van der Waals surface area contributed by atoms with E-state index in [0.717, 1.165) is 0 Å². The van der Waals surface area contributed by atoms with E-state index in [1.165, 1.54) is 0 Å². The molecule has 0 saturated carbocycles. The van der Waals surface area contributed by atoms with Crippen LogP contribution in [0.1, 0.15) is 19.8 Å². The van der Waals surface area contributed by atoms with Gasteiger partial charge < -0.3 is 15.2 Å². The minimum atomic E-state index is -4.50. The monoisotopic (exact) mass is 229 g/mol. The molecule has 90 valence electrons. The largest absolute Gasteiger partial charge is 0.440 e. The first-order valence-corrected chi connectivity index (χ1v) is 4.46. The molecule has 0 aliphatic rings. The normalized spacial score (nSPS) is 13.4. The molecule has 1 amide bonds. The van der Waals surface area contributed by atoms with Crippen molar-refractivity contribution in [1.29, 1.82) is 0 Å². The number of hydrogen-bond acceptors (Lipinski definition) is 3. The van der Waals surface area contributed by atoms with Gasteiger partial charge in [0, 0.05) is 6.54 Å². The lowest BCUT2D eigenvalue weighted by Gasteiger charge is -2.09. The summed E-state index contributed by atoms with van der Waals surface area (Å²) in [4.78, 5) is 10.6. The number of rotatable bonds is 5. The number of alkyl carbamates (subject to hydrolysis) is 1. The molecule has 2 N–H and O–H groups in total. The fraction of sp³-hybridized carbons (Fsp3) is 0.875. The van der Waals surface area contributed by atoms with Crippen molar-refractivity contribution in [2.24, 2.45) is 0 Å². The van der Waals surface area contributed by atoms with Crippen molar-refractivity contribution >= 4 is 6.09 Å². The molecular weight excluding hydrogens is 215 g/mol. The Kier molecular flexibility index (Phi) is 6.07. The second kappa shape index (κ2) is 6.49. The third-order valence-corrected chi connectivity index (χ3v) is 1.43. The number of carbonyl (C=O) groups excluding carboxylic acids is 1. The molecule has 4 nitrogen and oxygen atoms in total. The summed E-state index contributed by atoms with van der Waals surface area (Å²) in [5.74, 6) is 0. The van der Waals surface area contributed by atoms with E-state index in [0.29, 0.717) is 12.8 Å². The van der Waals surface area contributed by atoms with Gasteiger partial charge in [-0.1, -0.05) is 0 Å². The Labute approximate surface area is 85.4 Å². The number of halogens is 3. The maximum Gasteiger partial charge on any atom is 0.422 e. The second-order valence-corrected chi connectivity index (χ2v) is 3.11. The van der Waals surface area contributed by atoms with Gasteiger partial charge in [0.2, 0.25) is 0 Å². The van der Waals surface area contributed by atoms with Gasteiger partial charge in [0.15, 0.2) is 6.61 Å². The predicted molar refractivity (Wildman–Crippen MR) is 46.3 cm³/mol. The number of aliphatic hydroxyl groups excluding tert-OH is 1. The quantitative estimate of drug-likeness (QED) is 0.701. The maximum atomic E-state index is 11.6. The first-order valence-electron chi connectivity index (χ1n) is 4.46. The zero-order valence-electron chi connectivity index (χ0n) is 8.30. The highest BCUT2D eigenvalue weighted by molar-refractivity contribution is 5.67. The van der Waals surface area contributed by atoms with E-state index in [2.05, 4.69) is 10.1 Å². The molecule has 0 aromatic rings. The third-order valence-electron chi connectivity index (χ3n) is 1.43. The standard InChI is InChI=1S/C8H14F3NO3/c1-6(13)3-2-4-12-7(14)15-5-8(9,10)11/h6,13H,2-5H2,1H3,(H,12,14). The first kappa shape index (κ1) is 14.0. The van der Waals surface area contributed by atoms with Crippen molar-refractivity contribution in [2.45, 2.75) is 32.0 Å². The number of aliphatic hydroxyl groups is 1. The summed E-state index contributed by atoms with van der Waals surface area (Å²) in [5, 5.41) is 11.0. The van der Waals surface area contributed by atoms with Gasteiger partial charge in [0.1, 0.15) is 0 Å². The molecule has 1 unspecified atom stereocenters. The van der Waals surface area contributed by atoms with Crippen molar-refractivity contribution in [3.8, 4) is 0 Å². The zero-order valence-corrected chi connectivity index (χ0v) is 8.30. The van der Waals surface area contributed by atoms with Gasteiger partial charge in [-0.3, -0.25) is 0 Å². The van der Waals surface area contributed by atoms with Crippen LogP contribution in [0.4, 0.5) is 18.0 Å². The second-order valence-electron chi connectivity index (χ2n) is 3.11. The Morgan fingerprint density at radius 2 is 2.13 bits per heavy atom. The van der Waals surface area contributed by atoms with E-state index < -0.39 is 25.0 Å². The Bertz CT molecular complexity index is 194. The van der Waals surface area contributed by atoms with Gasteiger partial charge in [-0.2, -0.15) is 13.2 Å². The molecule has 0 heterocycles. The number of carbonyl (C=O) groups is 1. The topological polar surface area (TPSA) is 58.6 Å². The minimum Gasteiger partial charge on any atom is -0.440 e. The van der Waals surface area contributed by atoms with Crippen molar-refractivity contribution in [1.82, 2.24) is 5.32 Å². The molecule has 0 saturated heterocycles. The highest BCUT2D eigenvalue weighted by Crippen LogP contribution is 2.14. The highest BCUT2D eigenvalue weighted by atomic mass is 19.4. The molecule has 0 spiro atoms. The number of nitrogens with one attached hydrogen (secondary N) is 1. The summed E-state index contributed by atoms with van der Waals surface area (Å²) in [5.41, 5.74) is 0. The van der Waals surface area contributed by atoms with Crippen LogP contribution in [-0.2, 0) is 4.74 Å². The SMILES string of the molecule is CC(O)CCCNC(=O)OCC(F)(F)F. The van der Waals surface area contributed by atoms with Gasteiger partial charge in [0.05, 0.1) is 6.10 Å². The molecule has 0 bridgehead atoms. The lowest BCUT2D eigenvalue weighted by Crippen LogP contribution is -2.29. The van der Waals surface area contributed by atoms with E-state index in [9.17, 15) is 18.0 Å². The molecule has 15 heavy (non-hydrogen) atoms. The number of hydrogen-bond donors (Lipinski definition) is 2. The maximum absolute atomic E-state index is 11.6. The Balaban J connectivity index is 3.42. The first-order chi connectivity index (χ1) is 6.81. The van der Waals surface area contributed by atoms with Crippen molar-refractivity contribution in [3.05, 3.63) is 0 Å². The molecule has 0 aromatic heterocycles. The smallest absolute Gasteiger partial charge is 0.422 e. The number of ether oxygens (including phenoxy) is 1. The van der Waals surface area contributed by atoms with Gasteiger partial charge in [0.25, 0.3) is 0 Å². The molecule has 0 aliphatic heterocycles. The summed E-state index contributed by atoms with van der Waals surface area (Å²) in [7, 11) is 0. The van der Waals surface area contributed by atoms with Gasteiger partial charge in [-0.05, 0) is 19.8 Å². The molecule has 0 rings (SSSR count). The van der Waals surface area contributed by atoms with Crippen LogP contribution in [0, 0.1) is 0 Å². The summed E-state index contributed by atoms with van der Waals surface area (Å²) in [6, 6.07) is 0. The van der Waals surface area contributed by atoms with Crippen LogP contribution in [0.3, 0.4) is 0 Å². The molecule has 7 heteroatoms. The molecule has 0 radical (unpaired) electrons. The highest BCUT2D eigenvalue weighted by Gasteiger charge is 2.29. The number of amides is 1.